The van der Waals surface area contributed by atoms with Gasteiger partial charge in [0, 0.05) is 0 Å². The van der Waals surface area contributed by atoms with Crippen LogP contribution in [0.15, 0.2) is 91.0 Å². The second-order valence-corrected chi connectivity index (χ2v) is 4.52. The number of rotatable bonds is 5. The molecule has 0 radical (unpaired) electrons. The van der Waals surface area contributed by atoms with E-state index in [9.17, 15) is 0 Å². The molecular formula is C18H16N2O. The van der Waals surface area contributed by atoms with Crippen LogP contribution >= 0.6 is 0 Å². The summed E-state index contributed by atoms with van der Waals surface area (Å²) in [4.78, 5) is 5.78. The molecule has 0 aliphatic rings. The average Bonchev–Trinajstić information content (AvgIpc) is 2.58. The summed E-state index contributed by atoms with van der Waals surface area (Å²) >= 11 is 0. The van der Waals surface area contributed by atoms with Crippen molar-refractivity contribution in [2.45, 2.75) is 0 Å². The van der Waals surface area contributed by atoms with Crippen LogP contribution in [-0.4, -0.2) is 0 Å². The first kappa shape index (κ1) is 13.2. The van der Waals surface area contributed by atoms with E-state index >= 15 is 0 Å². The van der Waals surface area contributed by atoms with Crippen LogP contribution in [0.4, 0.5) is 17.1 Å². The Balaban J connectivity index is 1.83. The topological polar surface area (TPSA) is 24.5 Å². The van der Waals surface area contributed by atoms with Crippen LogP contribution in [0.2, 0.25) is 0 Å². The van der Waals surface area contributed by atoms with E-state index in [0.717, 1.165) is 17.1 Å². The Kier molecular flexibility index (Phi) is 4.15. The summed E-state index contributed by atoms with van der Waals surface area (Å²) in [6.45, 7) is 0. The molecule has 3 rings (SSSR count). The maximum absolute atomic E-state index is 5.78. The lowest BCUT2D eigenvalue weighted by Gasteiger charge is -2.23. The van der Waals surface area contributed by atoms with Crippen molar-refractivity contribution < 1.29 is 4.94 Å². The van der Waals surface area contributed by atoms with E-state index in [1.807, 2.05) is 91.0 Å². The summed E-state index contributed by atoms with van der Waals surface area (Å²) < 4.78 is 0. The zero-order chi connectivity index (χ0) is 14.3. The van der Waals surface area contributed by atoms with Crippen LogP contribution in [-0.2, 0) is 4.94 Å². The second kappa shape index (κ2) is 6.59. The predicted octanol–water partition coefficient (Wildman–Crippen LogP) is 4.78. The van der Waals surface area contributed by atoms with Gasteiger partial charge >= 0.3 is 0 Å². The Bertz CT molecular complexity index is 617. The fraction of sp³-hybridized carbons (Fsp3) is 0. The van der Waals surface area contributed by atoms with Crippen molar-refractivity contribution in [3.05, 3.63) is 91.0 Å². The lowest BCUT2D eigenvalue weighted by Crippen LogP contribution is -2.21. The molecule has 3 nitrogen and oxygen atoms in total. The van der Waals surface area contributed by atoms with Crippen LogP contribution in [0, 0.1) is 0 Å². The van der Waals surface area contributed by atoms with Gasteiger partial charge in [0.15, 0.2) is 0 Å². The molecule has 0 atom stereocenters. The first-order valence-corrected chi connectivity index (χ1v) is 6.82. The van der Waals surface area contributed by atoms with E-state index < -0.39 is 0 Å². The molecule has 0 saturated carbocycles. The number of benzene rings is 3. The van der Waals surface area contributed by atoms with Gasteiger partial charge in [0.2, 0.25) is 0 Å². The minimum absolute atomic E-state index is 0.898. The smallest absolute Gasteiger partial charge is 0.0720 e. The molecule has 3 aromatic rings. The molecule has 0 bridgehead atoms. The van der Waals surface area contributed by atoms with Crippen molar-refractivity contribution in [3.63, 3.8) is 0 Å². The SMILES string of the molecule is c1ccc(NON(c2ccccc2)c2ccccc2)cc1. The lowest BCUT2D eigenvalue weighted by atomic mass is 10.2. The number of hydrogen-bond donors (Lipinski definition) is 1. The maximum Gasteiger partial charge on any atom is 0.0720 e. The Labute approximate surface area is 124 Å². The van der Waals surface area contributed by atoms with Crippen molar-refractivity contribution >= 4 is 17.1 Å². The van der Waals surface area contributed by atoms with Gasteiger partial charge < -0.3 is 0 Å². The summed E-state index contributed by atoms with van der Waals surface area (Å²) in [5.74, 6) is 0. The van der Waals surface area contributed by atoms with Crippen LogP contribution in [0.5, 0.6) is 0 Å². The fourth-order valence-electron chi connectivity index (χ4n) is 1.99. The van der Waals surface area contributed by atoms with Gasteiger partial charge in [0.25, 0.3) is 0 Å². The normalized spacial score (nSPS) is 10.1. The molecule has 0 spiro atoms. The molecule has 21 heavy (non-hydrogen) atoms. The highest BCUT2D eigenvalue weighted by Crippen LogP contribution is 2.25. The van der Waals surface area contributed by atoms with E-state index in [-0.39, 0.29) is 0 Å². The molecular weight excluding hydrogens is 260 g/mol. The van der Waals surface area contributed by atoms with Crippen LogP contribution in [0.3, 0.4) is 0 Å². The van der Waals surface area contributed by atoms with Gasteiger partial charge in [0.1, 0.15) is 0 Å². The van der Waals surface area contributed by atoms with Crippen LogP contribution in [0.1, 0.15) is 0 Å². The van der Waals surface area contributed by atoms with Gasteiger partial charge in [-0.1, -0.05) is 54.6 Å². The number of para-hydroxylation sites is 3. The van der Waals surface area contributed by atoms with Crippen molar-refractivity contribution in [1.29, 1.82) is 0 Å². The van der Waals surface area contributed by atoms with Crippen molar-refractivity contribution in [3.8, 4) is 0 Å². The molecule has 0 aliphatic heterocycles. The van der Waals surface area contributed by atoms with E-state index in [2.05, 4.69) is 5.48 Å². The number of hydrogen-bond acceptors (Lipinski definition) is 3. The lowest BCUT2D eigenvalue weighted by molar-refractivity contribution is 0.196. The summed E-state index contributed by atoms with van der Waals surface area (Å²) in [6, 6.07) is 29.7. The Morgan fingerprint density at radius 2 is 1.00 bits per heavy atom. The molecule has 0 aliphatic carbocycles. The van der Waals surface area contributed by atoms with Crippen molar-refractivity contribution in [1.82, 2.24) is 0 Å². The number of anilines is 3. The van der Waals surface area contributed by atoms with Crippen molar-refractivity contribution in [2.24, 2.45) is 0 Å². The minimum atomic E-state index is 0.898. The molecule has 0 aromatic heterocycles. The Morgan fingerprint density at radius 3 is 1.48 bits per heavy atom. The molecule has 0 unspecified atom stereocenters. The van der Waals surface area contributed by atoms with Gasteiger partial charge in [-0.05, 0) is 36.4 Å². The zero-order valence-corrected chi connectivity index (χ0v) is 11.5. The molecule has 3 heteroatoms. The highest BCUT2D eigenvalue weighted by Gasteiger charge is 2.09. The zero-order valence-electron chi connectivity index (χ0n) is 11.5. The van der Waals surface area contributed by atoms with Gasteiger partial charge in [-0.15, -0.1) is 0 Å². The summed E-state index contributed by atoms with van der Waals surface area (Å²) in [6.07, 6.45) is 0. The van der Waals surface area contributed by atoms with Gasteiger partial charge in [-0.3, -0.25) is 0 Å². The molecule has 104 valence electrons. The fourth-order valence-corrected chi connectivity index (χ4v) is 1.99. The summed E-state index contributed by atoms with van der Waals surface area (Å²) in [5, 5.41) is 1.76. The molecule has 0 fully saturated rings. The first-order valence-electron chi connectivity index (χ1n) is 6.82. The molecule has 1 N–H and O–H groups in total. The van der Waals surface area contributed by atoms with E-state index in [0.29, 0.717) is 0 Å². The first-order chi connectivity index (χ1) is 10.4. The number of nitrogens with one attached hydrogen (secondary N) is 1. The monoisotopic (exact) mass is 276 g/mol. The number of nitrogens with zero attached hydrogens (tertiary/aromatic N) is 1. The Hall–Kier alpha value is -2.78. The molecule has 3 aromatic carbocycles. The van der Waals surface area contributed by atoms with E-state index in [1.54, 1.807) is 5.06 Å². The van der Waals surface area contributed by atoms with Gasteiger partial charge in [-0.25, -0.2) is 5.48 Å². The average molecular weight is 276 g/mol. The van der Waals surface area contributed by atoms with Crippen molar-refractivity contribution in [2.75, 3.05) is 10.5 Å². The van der Waals surface area contributed by atoms with Crippen LogP contribution < -0.4 is 10.5 Å². The minimum Gasteiger partial charge on any atom is -0.242 e. The highest BCUT2D eigenvalue weighted by atomic mass is 16.8. The van der Waals surface area contributed by atoms with E-state index in [1.165, 1.54) is 0 Å². The van der Waals surface area contributed by atoms with Crippen LogP contribution in [0.25, 0.3) is 0 Å². The second-order valence-electron chi connectivity index (χ2n) is 4.52. The molecule has 0 amide bonds. The summed E-state index contributed by atoms with van der Waals surface area (Å²) in [5.41, 5.74) is 5.77. The predicted molar refractivity (Wildman–Crippen MR) is 86.2 cm³/mol. The molecule has 0 heterocycles. The third-order valence-electron chi connectivity index (χ3n) is 3.01. The Morgan fingerprint density at radius 1 is 0.571 bits per heavy atom. The van der Waals surface area contributed by atoms with E-state index in [4.69, 9.17) is 4.94 Å². The summed E-state index contributed by atoms with van der Waals surface area (Å²) in [7, 11) is 0. The largest absolute Gasteiger partial charge is 0.242 e. The third kappa shape index (κ3) is 3.41. The van der Waals surface area contributed by atoms with Gasteiger partial charge in [-0.2, -0.15) is 10.0 Å². The quantitative estimate of drug-likeness (QED) is 0.678. The standard InChI is InChI=1S/C18H16N2O/c1-4-10-16(11-5-1)19-21-20(17-12-6-2-7-13-17)18-14-8-3-9-15-18/h1-15,19H. The third-order valence-corrected chi connectivity index (χ3v) is 3.01. The van der Waals surface area contributed by atoms with Gasteiger partial charge in [0.05, 0.1) is 17.1 Å². The highest BCUT2D eigenvalue weighted by molar-refractivity contribution is 5.60. The maximum atomic E-state index is 5.78. The molecule has 0 saturated heterocycles.